The first kappa shape index (κ1) is 14.1. The second-order valence-corrected chi connectivity index (χ2v) is 4.52. The van der Waals surface area contributed by atoms with Crippen LogP contribution in [0.1, 0.15) is 22.8 Å². The number of amides is 1. The normalized spacial score (nSPS) is 10.2. The maximum atomic E-state index is 13.8. The van der Waals surface area contributed by atoms with Gasteiger partial charge >= 0.3 is 0 Å². The molecule has 0 unspecified atom stereocenters. The number of rotatable bonds is 4. The number of hydrogen-bond donors (Lipinski definition) is 2. The second kappa shape index (κ2) is 6.19. The first-order chi connectivity index (χ1) is 9.61. The van der Waals surface area contributed by atoms with Crippen LogP contribution in [0.4, 0.5) is 15.8 Å². The molecule has 0 bridgehead atoms. The second-order valence-electron chi connectivity index (χ2n) is 4.52. The lowest BCUT2D eigenvalue weighted by atomic mass is 10.1. The molecule has 2 N–H and O–H groups in total. The summed E-state index contributed by atoms with van der Waals surface area (Å²) in [5, 5.41) is 5.67. The SMILES string of the molecule is CCNc1c(F)cccc1C(=O)Nc1cccc(C)c1. The van der Waals surface area contributed by atoms with Crippen molar-refractivity contribution in [3.8, 4) is 0 Å². The standard InChI is InChI=1S/C16H17FN2O/c1-3-18-15-13(8-5-9-14(15)17)16(20)19-12-7-4-6-11(2)10-12/h4-10,18H,3H2,1-2H3,(H,19,20). The molecule has 0 heterocycles. The molecule has 0 spiro atoms. The van der Waals surface area contributed by atoms with Gasteiger partial charge in [0.25, 0.3) is 5.91 Å². The molecule has 2 aromatic rings. The number of nitrogens with one attached hydrogen (secondary N) is 2. The topological polar surface area (TPSA) is 41.1 Å². The fourth-order valence-electron chi connectivity index (χ4n) is 1.99. The van der Waals surface area contributed by atoms with Crippen molar-refractivity contribution >= 4 is 17.3 Å². The summed E-state index contributed by atoms with van der Waals surface area (Å²) in [6, 6.07) is 11.9. The van der Waals surface area contributed by atoms with Crippen LogP contribution in [0.5, 0.6) is 0 Å². The molecule has 2 rings (SSSR count). The molecule has 0 aliphatic rings. The number of anilines is 2. The van der Waals surface area contributed by atoms with Crippen molar-refractivity contribution in [1.82, 2.24) is 0 Å². The number of halogens is 1. The zero-order valence-corrected chi connectivity index (χ0v) is 11.5. The Hall–Kier alpha value is -2.36. The van der Waals surface area contributed by atoms with Gasteiger partial charge in [-0.05, 0) is 43.7 Å². The Morgan fingerprint density at radius 3 is 2.65 bits per heavy atom. The number of carbonyl (C=O) groups is 1. The van der Waals surface area contributed by atoms with Crippen LogP contribution in [0, 0.1) is 12.7 Å². The van der Waals surface area contributed by atoms with Crippen molar-refractivity contribution in [3.05, 3.63) is 59.4 Å². The Labute approximate surface area is 117 Å². The van der Waals surface area contributed by atoms with E-state index in [2.05, 4.69) is 10.6 Å². The number of benzene rings is 2. The van der Waals surface area contributed by atoms with Gasteiger partial charge in [0.05, 0.1) is 11.3 Å². The average Bonchev–Trinajstić information content (AvgIpc) is 2.41. The zero-order valence-electron chi connectivity index (χ0n) is 11.5. The molecule has 0 saturated heterocycles. The predicted octanol–water partition coefficient (Wildman–Crippen LogP) is 3.82. The first-order valence-corrected chi connectivity index (χ1v) is 6.52. The van der Waals surface area contributed by atoms with Gasteiger partial charge in [-0.3, -0.25) is 4.79 Å². The van der Waals surface area contributed by atoms with Gasteiger partial charge in [-0.2, -0.15) is 0 Å². The highest BCUT2D eigenvalue weighted by Gasteiger charge is 2.14. The molecule has 0 aromatic heterocycles. The first-order valence-electron chi connectivity index (χ1n) is 6.52. The molecule has 0 aliphatic heterocycles. The highest BCUT2D eigenvalue weighted by Crippen LogP contribution is 2.21. The van der Waals surface area contributed by atoms with E-state index in [1.165, 1.54) is 12.1 Å². The number of para-hydroxylation sites is 1. The van der Waals surface area contributed by atoms with Gasteiger partial charge in [0, 0.05) is 12.2 Å². The highest BCUT2D eigenvalue weighted by atomic mass is 19.1. The third-order valence-corrected chi connectivity index (χ3v) is 2.89. The fraction of sp³-hybridized carbons (Fsp3) is 0.188. The number of carbonyl (C=O) groups excluding carboxylic acids is 1. The van der Waals surface area contributed by atoms with Crippen LogP contribution in [-0.2, 0) is 0 Å². The minimum absolute atomic E-state index is 0.236. The Morgan fingerprint density at radius 2 is 1.95 bits per heavy atom. The molecule has 0 radical (unpaired) electrons. The van der Waals surface area contributed by atoms with E-state index in [1.807, 2.05) is 32.0 Å². The van der Waals surface area contributed by atoms with E-state index >= 15 is 0 Å². The monoisotopic (exact) mass is 272 g/mol. The van der Waals surface area contributed by atoms with Gasteiger partial charge in [-0.25, -0.2) is 4.39 Å². The molecule has 0 atom stereocenters. The van der Waals surface area contributed by atoms with Crippen LogP contribution in [0.25, 0.3) is 0 Å². The molecular weight excluding hydrogens is 255 g/mol. The summed E-state index contributed by atoms with van der Waals surface area (Å²) in [5.41, 5.74) is 2.28. The van der Waals surface area contributed by atoms with Crippen molar-refractivity contribution in [1.29, 1.82) is 0 Å². The molecule has 104 valence electrons. The average molecular weight is 272 g/mol. The molecule has 20 heavy (non-hydrogen) atoms. The summed E-state index contributed by atoms with van der Waals surface area (Å²) in [6.45, 7) is 4.35. The molecule has 0 saturated carbocycles. The van der Waals surface area contributed by atoms with Crippen molar-refractivity contribution in [3.63, 3.8) is 0 Å². The van der Waals surface area contributed by atoms with E-state index in [9.17, 15) is 9.18 Å². The van der Waals surface area contributed by atoms with Crippen molar-refractivity contribution < 1.29 is 9.18 Å². The van der Waals surface area contributed by atoms with Crippen LogP contribution >= 0.6 is 0 Å². The lowest BCUT2D eigenvalue weighted by Gasteiger charge is -2.12. The largest absolute Gasteiger partial charge is 0.382 e. The Bertz CT molecular complexity index is 626. The van der Waals surface area contributed by atoms with E-state index < -0.39 is 5.82 Å². The maximum absolute atomic E-state index is 13.8. The van der Waals surface area contributed by atoms with Crippen LogP contribution < -0.4 is 10.6 Å². The molecule has 0 fully saturated rings. The minimum atomic E-state index is -0.427. The summed E-state index contributed by atoms with van der Waals surface area (Å²) in [6.07, 6.45) is 0. The van der Waals surface area contributed by atoms with Crippen molar-refractivity contribution in [2.45, 2.75) is 13.8 Å². The molecule has 1 amide bonds. The van der Waals surface area contributed by atoms with Gasteiger partial charge in [-0.1, -0.05) is 18.2 Å². The van der Waals surface area contributed by atoms with Crippen LogP contribution in [0.3, 0.4) is 0 Å². The summed E-state index contributed by atoms with van der Waals surface area (Å²) in [7, 11) is 0. The smallest absolute Gasteiger partial charge is 0.257 e. The van der Waals surface area contributed by atoms with Gasteiger partial charge < -0.3 is 10.6 Å². The van der Waals surface area contributed by atoms with Crippen LogP contribution in [-0.4, -0.2) is 12.5 Å². The summed E-state index contributed by atoms with van der Waals surface area (Å²) in [5.74, 6) is -0.755. The zero-order chi connectivity index (χ0) is 14.5. The number of hydrogen-bond acceptors (Lipinski definition) is 2. The third kappa shape index (κ3) is 3.15. The molecule has 4 heteroatoms. The lowest BCUT2D eigenvalue weighted by Crippen LogP contribution is -2.15. The van der Waals surface area contributed by atoms with Gasteiger partial charge in [0.1, 0.15) is 5.82 Å². The van der Waals surface area contributed by atoms with Gasteiger partial charge in [-0.15, -0.1) is 0 Å². The van der Waals surface area contributed by atoms with E-state index in [4.69, 9.17) is 0 Å². The fourth-order valence-corrected chi connectivity index (χ4v) is 1.99. The number of aryl methyl sites for hydroxylation is 1. The summed E-state index contributed by atoms with van der Waals surface area (Å²) in [4.78, 5) is 12.3. The lowest BCUT2D eigenvalue weighted by molar-refractivity contribution is 0.102. The Kier molecular flexibility index (Phi) is 4.35. The van der Waals surface area contributed by atoms with E-state index in [-0.39, 0.29) is 11.6 Å². The van der Waals surface area contributed by atoms with Crippen LogP contribution in [0.15, 0.2) is 42.5 Å². The van der Waals surface area contributed by atoms with Crippen molar-refractivity contribution in [2.75, 3.05) is 17.2 Å². The molecule has 2 aromatic carbocycles. The highest BCUT2D eigenvalue weighted by molar-refractivity contribution is 6.08. The summed E-state index contributed by atoms with van der Waals surface area (Å²) < 4.78 is 13.8. The Morgan fingerprint density at radius 1 is 1.20 bits per heavy atom. The summed E-state index contributed by atoms with van der Waals surface area (Å²) >= 11 is 0. The van der Waals surface area contributed by atoms with Crippen molar-refractivity contribution in [2.24, 2.45) is 0 Å². The third-order valence-electron chi connectivity index (χ3n) is 2.89. The molecular formula is C16H17FN2O. The minimum Gasteiger partial charge on any atom is -0.382 e. The quantitative estimate of drug-likeness (QED) is 0.888. The van der Waals surface area contributed by atoms with E-state index in [0.717, 1.165) is 5.56 Å². The van der Waals surface area contributed by atoms with E-state index in [0.29, 0.717) is 17.8 Å². The molecule has 0 aliphatic carbocycles. The van der Waals surface area contributed by atoms with Gasteiger partial charge in [0.15, 0.2) is 0 Å². The van der Waals surface area contributed by atoms with Gasteiger partial charge in [0.2, 0.25) is 0 Å². The maximum Gasteiger partial charge on any atom is 0.257 e. The molecule has 3 nitrogen and oxygen atoms in total. The van der Waals surface area contributed by atoms with E-state index in [1.54, 1.807) is 12.1 Å². The predicted molar refractivity (Wildman–Crippen MR) is 79.7 cm³/mol. The van der Waals surface area contributed by atoms with Crippen LogP contribution in [0.2, 0.25) is 0 Å². The Balaban J connectivity index is 2.27.